The zero-order valence-electron chi connectivity index (χ0n) is 14.6. The molecule has 4 nitrogen and oxygen atoms in total. The number of guanidine groups is 1. The van der Waals surface area contributed by atoms with Crippen LogP contribution in [0.4, 0.5) is 5.69 Å². The van der Waals surface area contributed by atoms with E-state index in [4.69, 9.17) is 5.73 Å². The molecule has 0 amide bonds. The fourth-order valence-electron chi connectivity index (χ4n) is 3.12. The highest BCUT2D eigenvalue weighted by Crippen LogP contribution is 2.28. The van der Waals surface area contributed by atoms with Crippen molar-refractivity contribution in [1.82, 2.24) is 4.90 Å². The molecule has 0 spiro atoms. The van der Waals surface area contributed by atoms with Crippen LogP contribution in [0.3, 0.4) is 0 Å². The Labute approximate surface area is 171 Å². The van der Waals surface area contributed by atoms with Gasteiger partial charge in [0.15, 0.2) is 5.96 Å². The first-order valence-electron chi connectivity index (χ1n) is 8.69. The second-order valence-electron chi connectivity index (χ2n) is 6.18. The van der Waals surface area contributed by atoms with Crippen LogP contribution in [-0.2, 0) is 6.42 Å². The van der Waals surface area contributed by atoms with E-state index < -0.39 is 0 Å². The Morgan fingerprint density at radius 2 is 1.96 bits per heavy atom. The lowest BCUT2D eigenvalue weighted by Gasteiger charge is -2.25. The highest BCUT2D eigenvalue weighted by Gasteiger charge is 2.23. The number of hydrogen-bond acceptors (Lipinski definition) is 3. The highest BCUT2D eigenvalue weighted by molar-refractivity contribution is 14.0. The molecule has 1 atom stereocenters. The number of likely N-dealkylation sites (tertiary alicyclic amines) is 1. The largest absolute Gasteiger partial charge is 0.370 e. The van der Waals surface area contributed by atoms with Crippen LogP contribution in [0.25, 0.3) is 0 Å². The van der Waals surface area contributed by atoms with Crippen LogP contribution in [0.2, 0.25) is 0 Å². The van der Waals surface area contributed by atoms with E-state index in [0.717, 1.165) is 25.2 Å². The summed E-state index contributed by atoms with van der Waals surface area (Å²) < 4.78 is 0. The lowest BCUT2D eigenvalue weighted by Crippen LogP contribution is -2.29. The average molecular weight is 470 g/mol. The van der Waals surface area contributed by atoms with Crippen molar-refractivity contribution in [2.45, 2.75) is 32.2 Å². The molecule has 1 aliphatic heterocycles. The molecule has 0 aliphatic carbocycles. The van der Waals surface area contributed by atoms with Gasteiger partial charge in [-0.3, -0.25) is 9.89 Å². The highest BCUT2D eigenvalue weighted by atomic mass is 127. The molecule has 3 rings (SSSR count). The number of nitrogens with zero attached hydrogens (tertiary/aromatic N) is 2. The smallest absolute Gasteiger partial charge is 0.193 e. The number of nitrogens with two attached hydrogens (primary N) is 1. The molecule has 1 saturated heterocycles. The Morgan fingerprint density at radius 1 is 1.24 bits per heavy atom. The zero-order chi connectivity index (χ0) is 16.8. The van der Waals surface area contributed by atoms with E-state index >= 15 is 0 Å². The molecule has 1 aliphatic rings. The summed E-state index contributed by atoms with van der Waals surface area (Å²) >= 11 is 1.81. The van der Waals surface area contributed by atoms with Crippen LogP contribution in [0.5, 0.6) is 0 Å². The lowest BCUT2D eigenvalue weighted by atomic mass is 10.1. The van der Waals surface area contributed by atoms with Crippen LogP contribution in [0.1, 0.15) is 36.2 Å². The van der Waals surface area contributed by atoms with Gasteiger partial charge in [0.25, 0.3) is 0 Å². The molecule has 0 radical (unpaired) electrons. The Morgan fingerprint density at radius 3 is 2.56 bits per heavy atom. The molecule has 1 aromatic carbocycles. The summed E-state index contributed by atoms with van der Waals surface area (Å²) in [7, 11) is 0. The van der Waals surface area contributed by atoms with Crippen molar-refractivity contribution in [3.05, 3.63) is 52.2 Å². The van der Waals surface area contributed by atoms with Crippen molar-refractivity contribution in [1.29, 1.82) is 0 Å². The van der Waals surface area contributed by atoms with Gasteiger partial charge in [-0.05, 0) is 61.5 Å². The van der Waals surface area contributed by atoms with E-state index in [2.05, 4.69) is 63.9 Å². The number of rotatable bonds is 6. The minimum Gasteiger partial charge on any atom is -0.370 e. The van der Waals surface area contributed by atoms with Gasteiger partial charge in [0.1, 0.15) is 0 Å². The van der Waals surface area contributed by atoms with Gasteiger partial charge in [-0.15, -0.1) is 35.3 Å². The molecule has 1 unspecified atom stereocenters. The summed E-state index contributed by atoms with van der Waals surface area (Å²) in [6.45, 7) is 5.17. The predicted molar refractivity (Wildman–Crippen MR) is 119 cm³/mol. The quantitative estimate of drug-likeness (QED) is 0.372. The molecule has 25 heavy (non-hydrogen) atoms. The second kappa shape index (κ2) is 10.1. The fraction of sp³-hybridized carbons (Fsp3) is 0.421. The first-order valence-corrected chi connectivity index (χ1v) is 9.57. The first-order chi connectivity index (χ1) is 11.8. The molecule has 2 heterocycles. The summed E-state index contributed by atoms with van der Waals surface area (Å²) in [6.07, 6.45) is 3.61. The number of anilines is 1. The maximum Gasteiger partial charge on any atom is 0.193 e. The Balaban J connectivity index is 0.00000225. The molecule has 6 heteroatoms. The van der Waals surface area contributed by atoms with E-state index in [-0.39, 0.29) is 24.0 Å². The van der Waals surface area contributed by atoms with Crippen LogP contribution in [-0.4, -0.2) is 30.5 Å². The van der Waals surface area contributed by atoms with Crippen molar-refractivity contribution in [2.75, 3.05) is 25.0 Å². The maximum atomic E-state index is 6.10. The van der Waals surface area contributed by atoms with E-state index in [9.17, 15) is 0 Å². The van der Waals surface area contributed by atoms with Crippen LogP contribution in [0.15, 0.2) is 46.8 Å². The monoisotopic (exact) mass is 470 g/mol. The Kier molecular flexibility index (Phi) is 8.18. The number of benzene rings is 1. The van der Waals surface area contributed by atoms with Gasteiger partial charge in [0.2, 0.25) is 0 Å². The SMILES string of the molecule is CCc1ccc(NC(N)=NCC(c2cccs2)N2CCCC2)cc1.I. The Bertz CT molecular complexity index is 649. The van der Waals surface area contributed by atoms with E-state index in [1.165, 1.54) is 23.3 Å². The minimum absolute atomic E-state index is 0. The third kappa shape index (κ3) is 5.69. The normalized spacial score (nSPS) is 16.4. The second-order valence-corrected chi connectivity index (χ2v) is 7.15. The van der Waals surface area contributed by atoms with Gasteiger partial charge in [-0.1, -0.05) is 25.1 Å². The van der Waals surface area contributed by atoms with Crippen molar-refractivity contribution in [3.8, 4) is 0 Å². The van der Waals surface area contributed by atoms with Crippen LogP contribution >= 0.6 is 35.3 Å². The maximum absolute atomic E-state index is 6.10. The third-order valence-corrected chi connectivity index (χ3v) is 5.50. The number of nitrogens with one attached hydrogen (secondary N) is 1. The third-order valence-electron chi connectivity index (χ3n) is 4.52. The Hall–Kier alpha value is -1.12. The van der Waals surface area contributed by atoms with E-state index in [1.54, 1.807) is 11.3 Å². The topological polar surface area (TPSA) is 53.6 Å². The molecule has 3 N–H and O–H groups in total. The summed E-state index contributed by atoms with van der Waals surface area (Å²) in [5.74, 6) is 0.486. The number of thiophene rings is 1. The van der Waals surface area contributed by atoms with Gasteiger partial charge in [0.05, 0.1) is 12.6 Å². The van der Waals surface area contributed by atoms with Gasteiger partial charge >= 0.3 is 0 Å². The van der Waals surface area contributed by atoms with Crippen LogP contribution in [0, 0.1) is 0 Å². The predicted octanol–water partition coefficient (Wildman–Crippen LogP) is 4.49. The van der Waals surface area contributed by atoms with Gasteiger partial charge < -0.3 is 11.1 Å². The van der Waals surface area contributed by atoms with E-state index in [0.29, 0.717) is 18.5 Å². The number of aryl methyl sites for hydroxylation is 1. The minimum atomic E-state index is 0. The van der Waals surface area contributed by atoms with Crippen molar-refractivity contribution >= 4 is 47.0 Å². The van der Waals surface area contributed by atoms with Crippen molar-refractivity contribution in [2.24, 2.45) is 10.7 Å². The number of aliphatic imine (C=N–C) groups is 1. The summed E-state index contributed by atoms with van der Waals surface area (Å²) in [5, 5.41) is 5.33. The van der Waals surface area contributed by atoms with Crippen molar-refractivity contribution in [3.63, 3.8) is 0 Å². The molecule has 0 bridgehead atoms. The fourth-order valence-corrected chi connectivity index (χ4v) is 3.97. The first kappa shape index (κ1) is 20.2. The van der Waals surface area contributed by atoms with E-state index in [1.807, 2.05) is 0 Å². The molecular formula is C19H27IN4S. The van der Waals surface area contributed by atoms with Crippen molar-refractivity contribution < 1.29 is 0 Å². The lowest BCUT2D eigenvalue weighted by molar-refractivity contribution is 0.255. The molecule has 0 saturated carbocycles. The average Bonchev–Trinajstić information content (AvgIpc) is 3.30. The van der Waals surface area contributed by atoms with Gasteiger partial charge in [0, 0.05) is 10.6 Å². The molecule has 1 aromatic heterocycles. The summed E-state index contributed by atoms with van der Waals surface area (Å²) in [6, 6.07) is 13.0. The van der Waals surface area contributed by atoms with Gasteiger partial charge in [-0.25, -0.2) is 0 Å². The van der Waals surface area contributed by atoms with Gasteiger partial charge in [-0.2, -0.15) is 0 Å². The summed E-state index contributed by atoms with van der Waals surface area (Å²) in [4.78, 5) is 8.51. The zero-order valence-corrected chi connectivity index (χ0v) is 17.8. The standard InChI is InChI=1S/C19H26N4S.HI/c1-2-15-7-9-16(10-8-15)22-19(20)21-14-17(18-6-5-13-24-18)23-11-3-4-12-23;/h5-10,13,17H,2-4,11-12,14H2,1H3,(H3,20,21,22);1H. The molecule has 136 valence electrons. The number of halogens is 1. The summed E-state index contributed by atoms with van der Waals surface area (Å²) in [5.41, 5.74) is 8.41. The molecular weight excluding hydrogens is 443 g/mol. The van der Waals surface area contributed by atoms with Crippen LogP contribution < -0.4 is 11.1 Å². The molecule has 2 aromatic rings. The number of hydrogen-bond donors (Lipinski definition) is 2. The molecule has 1 fully saturated rings.